The quantitative estimate of drug-likeness (QED) is 0.389. The molecule has 1 N–H and O–H groups in total. The topological polar surface area (TPSA) is 58.9 Å². The van der Waals surface area contributed by atoms with Crippen molar-refractivity contribution >= 4 is 17.1 Å². The molecule has 2 atom stereocenters. The number of imidazole rings is 1. The van der Waals surface area contributed by atoms with E-state index in [0.717, 1.165) is 24.5 Å². The highest BCUT2D eigenvalue weighted by Crippen LogP contribution is 2.38. The smallest absolute Gasteiger partial charge is 0.272 e. The fourth-order valence-corrected chi connectivity index (χ4v) is 4.69. The first-order valence-corrected chi connectivity index (χ1v) is 12.2. The van der Waals surface area contributed by atoms with Gasteiger partial charge in [0.15, 0.2) is 0 Å². The molecular formula is C28H29F3N4O2. The minimum atomic E-state index is -2.63. The molecule has 6 nitrogen and oxygen atoms in total. The van der Waals surface area contributed by atoms with E-state index < -0.39 is 12.1 Å². The van der Waals surface area contributed by atoms with Gasteiger partial charge in [-0.25, -0.2) is 18.2 Å². The maximum absolute atomic E-state index is 14.7. The Balaban J connectivity index is 1.55. The summed E-state index contributed by atoms with van der Waals surface area (Å²) in [4.78, 5) is 19.3. The predicted molar refractivity (Wildman–Crippen MR) is 137 cm³/mol. The highest BCUT2D eigenvalue weighted by molar-refractivity contribution is 6.03. The lowest BCUT2D eigenvalue weighted by molar-refractivity contribution is -0.144. The SMILES string of the molecule is C=CC(F)C(=C)c1cc(-c2cnc3cc(C(C)N4CC(F)(F)C4)ccn23)cc(OC)c1C(=O)NC1CC1. The zero-order valence-corrected chi connectivity index (χ0v) is 20.8. The number of pyridine rings is 1. The Morgan fingerprint density at radius 2 is 2.03 bits per heavy atom. The minimum Gasteiger partial charge on any atom is -0.496 e. The van der Waals surface area contributed by atoms with Gasteiger partial charge in [-0.2, -0.15) is 0 Å². The van der Waals surface area contributed by atoms with Gasteiger partial charge in [0.2, 0.25) is 0 Å². The van der Waals surface area contributed by atoms with E-state index in [2.05, 4.69) is 23.5 Å². The standard InChI is InChI=1S/C28H29F3N4O2/c1-5-22(29)16(2)21-10-19(11-24(37-4)26(21)27(36)33-20-6-7-20)23-13-32-25-12-18(8-9-35(23)25)17(3)34-14-28(30,31)15-34/h5,8-13,17,20,22H,1-2,6-7,14-15H2,3-4H3,(H,33,36). The molecule has 0 spiro atoms. The number of nitrogens with zero attached hydrogens (tertiary/aromatic N) is 3. The van der Waals surface area contributed by atoms with E-state index in [0.29, 0.717) is 28.2 Å². The van der Waals surface area contributed by atoms with Crippen molar-refractivity contribution in [2.45, 2.75) is 43.9 Å². The molecule has 3 heterocycles. The van der Waals surface area contributed by atoms with Crippen LogP contribution < -0.4 is 10.1 Å². The second-order valence-electron chi connectivity index (χ2n) is 9.78. The molecule has 37 heavy (non-hydrogen) atoms. The number of benzene rings is 1. The lowest BCUT2D eigenvalue weighted by atomic mass is 9.93. The van der Waals surface area contributed by atoms with E-state index >= 15 is 0 Å². The Hall–Kier alpha value is -3.59. The molecule has 1 saturated heterocycles. The van der Waals surface area contributed by atoms with Gasteiger partial charge < -0.3 is 10.1 Å². The van der Waals surface area contributed by atoms with Gasteiger partial charge in [0, 0.05) is 23.8 Å². The molecule has 1 aromatic carbocycles. The van der Waals surface area contributed by atoms with E-state index in [9.17, 15) is 18.0 Å². The van der Waals surface area contributed by atoms with Crippen molar-refractivity contribution < 1.29 is 22.7 Å². The molecule has 1 aliphatic carbocycles. The Bertz CT molecular complexity index is 1390. The maximum atomic E-state index is 14.7. The molecule has 1 aliphatic heterocycles. The molecular weight excluding hydrogens is 481 g/mol. The zero-order valence-electron chi connectivity index (χ0n) is 20.8. The van der Waals surface area contributed by atoms with Crippen LogP contribution in [0.1, 0.15) is 47.3 Å². The van der Waals surface area contributed by atoms with Crippen molar-refractivity contribution in [3.8, 4) is 17.0 Å². The average molecular weight is 511 g/mol. The summed E-state index contributed by atoms with van der Waals surface area (Å²) in [6.07, 6.45) is 4.90. The van der Waals surface area contributed by atoms with Gasteiger partial charge >= 0.3 is 0 Å². The fraction of sp³-hybridized carbons (Fsp3) is 0.357. The van der Waals surface area contributed by atoms with E-state index in [-0.39, 0.29) is 42.2 Å². The van der Waals surface area contributed by atoms with E-state index in [1.165, 1.54) is 7.11 Å². The molecule has 9 heteroatoms. The number of carbonyl (C=O) groups is 1. The lowest BCUT2D eigenvalue weighted by Gasteiger charge is -2.42. The van der Waals surface area contributed by atoms with Crippen LogP contribution in [0.2, 0.25) is 0 Å². The number of alkyl halides is 3. The van der Waals surface area contributed by atoms with Crippen molar-refractivity contribution in [1.82, 2.24) is 19.6 Å². The third-order valence-corrected chi connectivity index (χ3v) is 7.08. The number of likely N-dealkylation sites (tertiary alicyclic amines) is 1. The van der Waals surface area contributed by atoms with Crippen molar-refractivity contribution in [2.75, 3.05) is 20.2 Å². The highest BCUT2D eigenvalue weighted by Gasteiger charge is 2.45. The van der Waals surface area contributed by atoms with Crippen LogP contribution in [0.25, 0.3) is 22.5 Å². The number of fused-ring (bicyclic) bond motifs is 1. The Labute approximate surface area is 213 Å². The average Bonchev–Trinajstić information content (AvgIpc) is 3.59. The van der Waals surface area contributed by atoms with Crippen LogP contribution in [0.3, 0.4) is 0 Å². The number of amides is 1. The summed E-state index contributed by atoms with van der Waals surface area (Å²) in [5, 5.41) is 2.94. The van der Waals surface area contributed by atoms with Gasteiger partial charge in [-0.05, 0) is 60.7 Å². The highest BCUT2D eigenvalue weighted by atomic mass is 19.3. The largest absolute Gasteiger partial charge is 0.496 e. The van der Waals surface area contributed by atoms with Crippen molar-refractivity contribution in [3.05, 3.63) is 72.6 Å². The summed E-state index contributed by atoms with van der Waals surface area (Å²) in [6, 6.07) is 7.12. The van der Waals surface area contributed by atoms with Crippen molar-refractivity contribution in [2.24, 2.45) is 0 Å². The van der Waals surface area contributed by atoms with E-state index in [1.54, 1.807) is 23.2 Å². The van der Waals surface area contributed by atoms with Gasteiger partial charge in [0.25, 0.3) is 11.8 Å². The molecule has 1 saturated carbocycles. The first-order valence-electron chi connectivity index (χ1n) is 12.2. The number of ether oxygens (including phenoxy) is 1. The second-order valence-corrected chi connectivity index (χ2v) is 9.78. The van der Waals surface area contributed by atoms with Crippen LogP contribution in [0.4, 0.5) is 13.2 Å². The summed E-state index contributed by atoms with van der Waals surface area (Å²) in [6.45, 7) is 8.80. The molecule has 2 aliphatic rings. The maximum Gasteiger partial charge on any atom is 0.272 e. The predicted octanol–water partition coefficient (Wildman–Crippen LogP) is 5.45. The number of halogens is 3. The summed E-state index contributed by atoms with van der Waals surface area (Å²) < 4.78 is 48.8. The van der Waals surface area contributed by atoms with Crippen LogP contribution in [-0.2, 0) is 0 Å². The number of allylic oxidation sites excluding steroid dienone is 2. The van der Waals surface area contributed by atoms with Gasteiger partial charge in [-0.1, -0.05) is 19.2 Å². The number of aromatic nitrogens is 2. The summed E-state index contributed by atoms with van der Waals surface area (Å²) in [7, 11) is 1.46. The first kappa shape index (κ1) is 25.1. The molecule has 2 aromatic heterocycles. The van der Waals surface area contributed by atoms with Crippen LogP contribution >= 0.6 is 0 Å². The van der Waals surface area contributed by atoms with Gasteiger partial charge in [-0.3, -0.25) is 14.1 Å². The van der Waals surface area contributed by atoms with Crippen LogP contribution in [0, 0.1) is 0 Å². The van der Waals surface area contributed by atoms with E-state index in [4.69, 9.17) is 4.74 Å². The van der Waals surface area contributed by atoms with Crippen LogP contribution in [0.15, 0.2) is 55.9 Å². The molecule has 194 valence electrons. The van der Waals surface area contributed by atoms with Crippen LogP contribution in [-0.4, -0.2) is 58.5 Å². The lowest BCUT2D eigenvalue weighted by Crippen LogP contribution is -2.56. The zero-order chi connectivity index (χ0) is 26.5. The molecule has 3 aromatic rings. The van der Waals surface area contributed by atoms with Gasteiger partial charge in [-0.15, -0.1) is 0 Å². The van der Waals surface area contributed by atoms with Gasteiger partial charge in [0.05, 0.1) is 37.7 Å². The minimum absolute atomic E-state index is 0.104. The first-order chi connectivity index (χ1) is 17.6. The third kappa shape index (κ3) is 4.75. The Kier molecular flexibility index (Phi) is 6.35. The molecule has 0 radical (unpaired) electrons. The normalized spacial score (nSPS) is 18.6. The van der Waals surface area contributed by atoms with Crippen molar-refractivity contribution in [1.29, 1.82) is 0 Å². The number of rotatable bonds is 9. The number of carbonyl (C=O) groups excluding carboxylic acids is 1. The number of nitrogens with one attached hydrogen (secondary N) is 1. The van der Waals surface area contributed by atoms with E-state index in [1.807, 2.05) is 29.7 Å². The monoisotopic (exact) mass is 510 g/mol. The molecule has 5 rings (SSSR count). The molecule has 1 amide bonds. The van der Waals surface area contributed by atoms with Gasteiger partial charge in [0.1, 0.15) is 17.6 Å². The summed E-state index contributed by atoms with van der Waals surface area (Å²) >= 11 is 0. The Morgan fingerprint density at radius 1 is 1.30 bits per heavy atom. The Morgan fingerprint density at radius 3 is 2.65 bits per heavy atom. The third-order valence-electron chi connectivity index (χ3n) is 7.08. The molecule has 2 fully saturated rings. The van der Waals surface area contributed by atoms with Crippen molar-refractivity contribution in [3.63, 3.8) is 0 Å². The van der Waals surface area contributed by atoms with Crippen LogP contribution in [0.5, 0.6) is 5.75 Å². The molecule has 0 bridgehead atoms. The molecule has 2 unspecified atom stereocenters. The summed E-state index contributed by atoms with van der Waals surface area (Å²) in [5.41, 5.74) is 3.53. The fourth-order valence-electron chi connectivity index (χ4n) is 4.69. The summed E-state index contributed by atoms with van der Waals surface area (Å²) in [5.74, 6) is -2.68. The number of methoxy groups -OCH3 is 1. The second kappa shape index (κ2) is 9.37. The number of hydrogen-bond acceptors (Lipinski definition) is 4. The number of hydrogen-bond donors (Lipinski definition) is 1.